The Bertz CT molecular complexity index is 644. The highest BCUT2D eigenvalue weighted by atomic mass is 19.4. The molecular formula is C14H8F3NO2. The number of aliphatic imine (C=N–C) groups is 1. The molecule has 0 radical (unpaired) electrons. The number of benzene rings is 2. The van der Waals surface area contributed by atoms with Crippen LogP contribution in [0.2, 0.25) is 0 Å². The van der Waals surface area contributed by atoms with E-state index in [0.717, 1.165) is 5.56 Å². The maximum absolute atomic E-state index is 12.0. The number of carbonyl (C=O) groups excluding carboxylic acids is 1. The molecule has 6 heteroatoms. The molecule has 0 aromatic heterocycles. The molecule has 0 heterocycles. The predicted molar refractivity (Wildman–Crippen MR) is 66.3 cm³/mol. The molecule has 0 bridgehead atoms. The molecule has 20 heavy (non-hydrogen) atoms. The van der Waals surface area contributed by atoms with Crippen molar-refractivity contribution in [3.8, 4) is 16.9 Å². The second kappa shape index (κ2) is 5.59. The van der Waals surface area contributed by atoms with Gasteiger partial charge in [0.05, 0.1) is 5.69 Å². The molecule has 0 N–H and O–H groups in total. The molecular weight excluding hydrogens is 271 g/mol. The minimum atomic E-state index is -4.71. The highest BCUT2D eigenvalue weighted by Gasteiger charge is 2.30. The summed E-state index contributed by atoms with van der Waals surface area (Å²) in [5.41, 5.74) is 1.83. The summed E-state index contributed by atoms with van der Waals surface area (Å²) in [5, 5.41) is 0. The Morgan fingerprint density at radius 2 is 1.70 bits per heavy atom. The van der Waals surface area contributed by atoms with E-state index >= 15 is 0 Å². The van der Waals surface area contributed by atoms with E-state index in [9.17, 15) is 18.0 Å². The molecule has 0 aliphatic rings. The monoisotopic (exact) mass is 279 g/mol. The lowest BCUT2D eigenvalue weighted by atomic mass is 10.1. The number of alkyl halides is 3. The van der Waals surface area contributed by atoms with Crippen molar-refractivity contribution in [3.05, 3.63) is 48.5 Å². The number of rotatable bonds is 3. The van der Waals surface area contributed by atoms with Crippen LogP contribution in [0.15, 0.2) is 53.5 Å². The lowest BCUT2D eigenvalue weighted by Crippen LogP contribution is -2.16. The van der Waals surface area contributed by atoms with E-state index < -0.39 is 6.36 Å². The second-order valence-corrected chi connectivity index (χ2v) is 3.83. The Balaban J connectivity index is 2.26. The summed E-state index contributed by atoms with van der Waals surface area (Å²) in [5.74, 6) is -0.289. The first kappa shape index (κ1) is 13.8. The van der Waals surface area contributed by atoms with Crippen LogP contribution in [0.25, 0.3) is 11.1 Å². The van der Waals surface area contributed by atoms with Crippen LogP contribution in [-0.4, -0.2) is 12.4 Å². The maximum atomic E-state index is 12.0. The van der Waals surface area contributed by atoms with Crippen LogP contribution in [0.1, 0.15) is 0 Å². The van der Waals surface area contributed by atoms with Crippen LogP contribution in [-0.2, 0) is 4.79 Å². The third-order valence-corrected chi connectivity index (χ3v) is 2.44. The highest BCUT2D eigenvalue weighted by Crippen LogP contribution is 2.28. The highest BCUT2D eigenvalue weighted by molar-refractivity contribution is 5.68. The Labute approximate surface area is 112 Å². The van der Waals surface area contributed by atoms with Crippen LogP contribution >= 0.6 is 0 Å². The van der Waals surface area contributed by atoms with E-state index in [1.54, 1.807) is 24.3 Å². The third kappa shape index (κ3) is 3.70. The fraction of sp³-hybridized carbons (Fsp3) is 0.0714. The first-order chi connectivity index (χ1) is 9.48. The summed E-state index contributed by atoms with van der Waals surface area (Å²) >= 11 is 0. The molecule has 0 saturated heterocycles. The van der Waals surface area contributed by atoms with Crippen LogP contribution in [0.3, 0.4) is 0 Å². The molecule has 0 spiro atoms. The van der Waals surface area contributed by atoms with Gasteiger partial charge in [0.2, 0.25) is 6.08 Å². The zero-order valence-corrected chi connectivity index (χ0v) is 10.0. The molecule has 0 amide bonds. The number of isocyanates is 1. The van der Waals surface area contributed by atoms with Gasteiger partial charge in [-0.2, -0.15) is 4.99 Å². The Kier molecular flexibility index (Phi) is 3.86. The fourth-order valence-electron chi connectivity index (χ4n) is 1.66. The smallest absolute Gasteiger partial charge is 0.406 e. The van der Waals surface area contributed by atoms with Gasteiger partial charge in [0.15, 0.2) is 0 Å². The standard InChI is InChI=1S/C14H8F3NO2/c15-14(16,17)20-13-6-4-10(5-7-13)11-2-1-3-12(8-11)18-9-19/h1-8H. The average Bonchev–Trinajstić information content (AvgIpc) is 2.38. The molecule has 0 aliphatic carbocycles. The van der Waals surface area contributed by atoms with E-state index in [0.29, 0.717) is 11.3 Å². The summed E-state index contributed by atoms with van der Waals surface area (Å²) < 4.78 is 39.9. The van der Waals surface area contributed by atoms with Crippen molar-refractivity contribution >= 4 is 11.8 Å². The Morgan fingerprint density at radius 1 is 1.00 bits per heavy atom. The summed E-state index contributed by atoms with van der Waals surface area (Å²) in [6.07, 6.45) is -3.28. The molecule has 0 fully saturated rings. The quantitative estimate of drug-likeness (QED) is 0.623. The number of nitrogens with zero attached hydrogens (tertiary/aromatic N) is 1. The van der Waals surface area contributed by atoms with E-state index in [1.165, 1.54) is 30.3 Å². The Morgan fingerprint density at radius 3 is 2.30 bits per heavy atom. The van der Waals surface area contributed by atoms with Gasteiger partial charge >= 0.3 is 6.36 Å². The number of halogens is 3. The summed E-state index contributed by atoms with van der Waals surface area (Å²) in [6.45, 7) is 0. The van der Waals surface area contributed by atoms with Gasteiger partial charge in [-0.3, -0.25) is 0 Å². The summed E-state index contributed by atoms with van der Waals surface area (Å²) in [6, 6.07) is 12.1. The molecule has 0 aliphatic heterocycles. The van der Waals surface area contributed by atoms with Gasteiger partial charge in [0.25, 0.3) is 0 Å². The van der Waals surface area contributed by atoms with Crippen LogP contribution in [0.4, 0.5) is 18.9 Å². The molecule has 0 atom stereocenters. The van der Waals surface area contributed by atoms with Gasteiger partial charge in [-0.15, -0.1) is 13.2 Å². The number of hydrogen-bond acceptors (Lipinski definition) is 3. The minimum absolute atomic E-state index is 0.289. The van der Waals surface area contributed by atoms with Crippen molar-refractivity contribution in [2.75, 3.05) is 0 Å². The van der Waals surface area contributed by atoms with Crippen molar-refractivity contribution in [2.45, 2.75) is 6.36 Å². The van der Waals surface area contributed by atoms with Crippen molar-refractivity contribution in [1.82, 2.24) is 0 Å². The van der Waals surface area contributed by atoms with Gasteiger partial charge in [0.1, 0.15) is 5.75 Å². The van der Waals surface area contributed by atoms with Gasteiger partial charge in [0, 0.05) is 0 Å². The fourth-order valence-corrected chi connectivity index (χ4v) is 1.66. The lowest BCUT2D eigenvalue weighted by Gasteiger charge is -2.09. The molecule has 3 nitrogen and oxygen atoms in total. The van der Waals surface area contributed by atoms with Gasteiger partial charge in [-0.05, 0) is 35.4 Å². The van der Waals surface area contributed by atoms with Crippen LogP contribution < -0.4 is 4.74 Å². The van der Waals surface area contributed by atoms with Gasteiger partial charge < -0.3 is 4.74 Å². The lowest BCUT2D eigenvalue weighted by molar-refractivity contribution is -0.274. The Hall–Kier alpha value is -2.59. The molecule has 2 aromatic rings. The topological polar surface area (TPSA) is 38.7 Å². The van der Waals surface area contributed by atoms with Gasteiger partial charge in [-0.25, -0.2) is 4.79 Å². The second-order valence-electron chi connectivity index (χ2n) is 3.83. The molecule has 2 rings (SSSR count). The SMILES string of the molecule is O=C=Nc1cccc(-c2ccc(OC(F)(F)F)cc2)c1. The maximum Gasteiger partial charge on any atom is 0.573 e. The van der Waals surface area contributed by atoms with E-state index in [4.69, 9.17) is 0 Å². The zero-order valence-electron chi connectivity index (χ0n) is 10.0. The summed E-state index contributed by atoms with van der Waals surface area (Å²) in [7, 11) is 0. The van der Waals surface area contributed by atoms with Gasteiger partial charge in [-0.1, -0.05) is 24.3 Å². The predicted octanol–water partition coefficient (Wildman–Crippen LogP) is 4.22. The normalized spacial score (nSPS) is 10.8. The molecule has 0 saturated carbocycles. The summed E-state index contributed by atoms with van der Waals surface area (Å²) in [4.78, 5) is 13.7. The zero-order chi connectivity index (χ0) is 14.6. The van der Waals surface area contributed by atoms with E-state index in [-0.39, 0.29) is 5.75 Å². The van der Waals surface area contributed by atoms with Crippen LogP contribution in [0, 0.1) is 0 Å². The largest absolute Gasteiger partial charge is 0.573 e. The minimum Gasteiger partial charge on any atom is -0.406 e. The molecule has 102 valence electrons. The number of ether oxygens (including phenoxy) is 1. The van der Waals surface area contributed by atoms with Crippen molar-refractivity contribution in [3.63, 3.8) is 0 Å². The van der Waals surface area contributed by atoms with E-state index in [1.807, 2.05) is 0 Å². The number of hydrogen-bond donors (Lipinski definition) is 0. The van der Waals surface area contributed by atoms with Crippen molar-refractivity contribution < 1.29 is 22.7 Å². The van der Waals surface area contributed by atoms with Crippen molar-refractivity contribution in [1.29, 1.82) is 0 Å². The molecule has 0 unspecified atom stereocenters. The first-order valence-corrected chi connectivity index (χ1v) is 5.52. The van der Waals surface area contributed by atoms with E-state index in [2.05, 4.69) is 9.73 Å². The van der Waals surface area contributed by atoms with Crippen molar-refractivity contribution in [2.24, 2.45) is 4.99 Å². The first-order valence-electron chi connectivity index (χ1n) is 5.52. The average molecular weight is 279 g/mol. The third-order valence-electron chi connectivity index (χ3n) is 2.44. The van der Waals surface area contributed by atoms with Crippen LogP contribution in [0.5, 0.6) is 5.75 Å². The molecule has 2 aromatic carbocycles.